The van der Waals surface area contributed by atoms with E-state index in [0.717, 1.165) is 13.0 Å². The second-order valence-corrected chi connectivity index (χ2v) is 3.68. The highest BCUT2D eigenvalue weighted by molar-refractivity contribution is 5.11. The van der Waals surface area contributed by atoms with Gasteiger partial charge in [0.05, 0.1) is 12.7 Å². The third kappa shape index (κ3) is 11.6. The fourth-order valence-electron chi connectivity index (χ4n) is 1.13. The largest absolute Gasteiger partial charge is 0.382 e. The summed E-state index contributed by atoms with van der Waals surface area (Å²) in [6.07, 6.45) is 5.52. The van der Waals surface area contributed by atoms with Crippen LogP contribution in [0.25, 0.3) is 0 Å². The summed E-state index contributed by atoms with van der Waals surface area (Å²) in [4.78, 5) is 0. The second kappa shape index (κ2) is 11.8. The quantitative estimate of drug-likeness (QED) is 0.474. The van der Waals surface area contributed by atoms with E-state index in [9.17, 15) is 4.39 Å². The zero-order valence-corrected chi connectivity index (χ0v) is 11.0. The molecule has 0 aliphatic heterocycles. The van der Waals surface area contributed by atoms with E-state index < -0.39 is 0 Å². The lowest BCUT2D eigenvalue weighted by molar-refractivity contribution is 0.0481. The summed E-state index contributed by atoms with van der Waals surface area (Å²) in [5, 5.41) is 2.90. The van der Waals surface area contributed by atoms with E-state index in [0.29, 0.717) is 19.8 Å². The summed E-state index contributed by atoms with van der Waals surface area (Å²) in [6.45, 7) is 6.28. The van der Waals surface area contributed by atoms with Crippen LogP contribution in [0, 0.1) is 0 Å². The number of halogens is 1. The minimum absolute atomic E-state index is 0.0897. The van der Waals surface area contributed by atoms with Crippen LogP contribution in [0.3, 0.4) is 0 Å². The first kappa shape index (κ1) is 16.3. The van der Waals surface area contributed by atoms with Crippen LogP contribution in [0.5, 0.6) is 0 Å². The summed E-state index contributed by atoms with van der Waals surface area (Å²) in [5.41, 5.74) is 0. The fourth-order valence-corrected chi connectivity index (χ4v) is 1.13. The zero-order chi connectivity index (χ0) is 12.9. The minimum Gasteiger partial charge on any atom is -0.382 e. The Morgan fingerprint density at radius 2 is 2.24 bits per heavy atom. The second-order valence-electron chi connectivity index (χ2n) is 3.68. The molecule has 1 N–H and O–H groups in total. The number of ether oxygens (including phenoxy) is 2. The lowest BCUT2D eigenvalue weighted by atomic mass is 10.3. The van der Waals surface area contributed by atoms with Crippen LogP contribution in [-0.2, 0) is 9.47 Å². The molecular formula is C13H24FNO2. The van der Waals surface area contributed by atoms with Gasteiger partial charge in [0, 0.05) is 19.8 Å². The van der Waals surface area contributed by atoms with Crippen LogP contribution >= 0.6 is 0 Å². The van der Waals surface area contributed by atoms with Crippen LogP contribution in [0.4, 0.5) is 4.39 Å². The van der Waals surface area contributed by atoms with Crippen molar-refractivity contribution in [2.45, 2.75) is 26.4 Å². The molecule has 0 amide bonds. The van der Waals surface area contributed by atoms with E-state index in [-0.39, 0.29) is 11.9 Å². The fraction of sp³-hybridized carbons (Fsp3) is 0.692. The molecule has 4 heteroatoms. The van der Waals surface area contributed by atoms with Crippen LogP contribution in [-0.4, -0.2) is 39.5 Å². The van der Waals surface area contributed by atoms with Crippen molar-refractivity contribution in [3.8, 4) is 0 Å². The van der Waals surface area contributed by atoms with Crippen LogP contribution in [0.2, 0.25) is 0 Å². The molecule has 0 radical (unpaired) electrons. The molecule has 0 aliphatic carbocycles. The Morgan fingerprint density at radius 1 is 1.47 bits per heavy atom. The highest BCUT2D eigenvalue weighted by atomic mass is 19.1. The van der Waals surface area contributed by atoms with Crippen molar-refractivity contribution >= 4 is 0 Å². The van der Waals surface area contributed by atoms with Crippen molar-refractivity contribution in [1.29, 1.82) is 0 Å². The molecule has 1 unspecified atom stereocenters. The molecule has 0 fully saturated rings. The average molecular weight is 245 g/mol. The molecule has 1 atom stereocenters. The molecule has 0 aromatic carbocycles. The van der Waals surface area contributed by atoms with E-state index in [4.69, 9.17) is 9.47 Å². The molecule has 0 aromatic heterocycles. The highest BCUT2D eigenvalue weighted by Crippen LogP contribution is 2.02. The lowest BCUT2D eigenvalue weighted by Crippen LogP contribution is -2.11. The van der Waals surface area contributed by atoms with E-state index >= 15 is 0 Å². The monoisotopic (exact) mass is 245 g/mol. The smallest absolute Gasteiger partial charge is 0.121 e. The topological polar surface area (TPSA) is 30.5 Å². The number of allylic oxidation sites excluding steroid dienone is 2. The molecule has 0 spiro atoms. The van der Waals surface area contributed by atoms with Gasteiger partial charge in [0.25, 0.3) is 0 Å². The standard InChI is InChI=1S/C13H24FNO2/c1-4-16-10-7-12(2)17-11-8-13(14)6-5-9-15-3/h5-6,8,12,15H,4,7,9-11H2,1-3H3/b6-5-,13-8+. The maximum absolute atomic E-state index is 13.1. The molecule has 0 aliphatic rings. The lowest BCUT2D eigenvalue weighted by Gasteiger charge is -2.10. The van der Waals surface area contributed by atoms with Crippen molar-refractivity contribution in [2.24, 2.45) is 0 Å². The highest BCUT2D eigenvalue weighted by Gasteiger charge is 2.00. The van der Waals surface area contributed by atoms with Gasteiger partial charge in [-0.3, -0.25) is 0 Å². The molecule has 0 saturated carbocycles. The predicted molar refractivity (Wildman–Crippen MR) is 68.8 cm³/mol. The molecule has 0 heterocycles. The number of hydrogen-bond donors (Lipinski definition) is 1. The normalized spacial score (nSPS) is 14.5. The summed E-state index contributed by atoms with van der Waals surface area (Å²) in [6, 6.07) is 0. The van der Waals surface area contributed by atoms with E-state index in [1.807, 2.05) is 20.9 Å². The third-order valence-electron chi connectivity index (χ3n) is 2.13. The van der Waals surface area contributed by atoms with Gasteiger partial charge in [0.2, 0.25) is 0 Å². The van der Waals surface area contributed by atoms with Gasteiger partial charge in [-0.05, 0) is 39.5 Å². The number of hydrogen-bond acceptors (Lipinski definition) is 3. The van der Waals surface area contributed by atoms with Crippen molar-refractivity contribution in [3.63, 3.8) is 0 Å². The number of rotatable bonds is 10. The Morgan fingerprint density at radius 3 is 2.88 bits per heavy atom. The van der Waals surface area contributed by atoms with Gasteiger partial charge in [0.1, 0.15) is 5.83 Å². The number of likely N-dealkylation sites (N-methyl/N-ethyl adjacent to an activating group) is 1. The predicted octanol–water partition coefficient (Wildman–Crippen LogP) is 2.45. The van der Waals surface area contributed by atoms with Gasteiger partial charge in [-0.2, -0.15) is 0 Å². The van der Waals surface area contributed by atoms with Crippen molar-refractivity contribution in [3.05, 3.63) is 24.1 Å². The molecule has 100 valence electrons. The zero-order valence-electron chi connectivity index (χ0n) is 11.0. The number of nitrogens with one attached hydrogen (secondary N) is 1. The van der Waals surface area contributed by atoms with E-state index in [1.54, 1.807) is 6.08 Å². The van der Waals surface area contributed by atoms with Gasteiger partial charge in [-0.15, -0.1) is 0 Å². The first-order chi connectivity index (χ1) is 8.20. The Bertz CT molecular complexity index is 229. The molecule has 0 aromatic rings. The first-order valence-electron chi connectivity index (χ1n) is 6.06. The van der Waals surface area contributed by atoms with Gasteiger partial charge >= 0.3 is 0 Å². The van der Waals surface area contributed by atoms with Gasteiger partial charge in [0.15, 0.2) is 0 Å². The molecule has 3 nitrogen and oxygen atoms in total. The summed E-state index contributed by atoms with van der Waals surface area (Å²) in [5.74, 6) is -0.266. The summed E-state index contributed by atoms with van der Waals surface area (Å²) in [7, 11) is 1.81. The van der Waals surface area contributed by atoms with Crippen molar-refractivity contribution in [1.82, 2.24) is 5.32 Å². The first-order valence-corrected chi connectivity index (χ1v) is 6.06. The van der Waals surface area contributed by atoms with Gasteiger partial charge in [-0.1, -0.05) is 6.08 Å². The van der Waals surface area contributed by atoms with Gasteiger partial charge in [-0.25, -0.2) is 4.39 Å². The molecule has 0 bridgehead atoms. The van der Waals surface area contributed by atoms with Crippen LogP contribution < -0.4 is 5.32 Å². The van der Waals surface area contributed by atoms with Gasteiger partial charge < -0.3 is 14.8 Å². The van der Waals surface area contributed by atoms with Crippen molar-refractivity contribution in [2.75, 3.05) is 33.4 Å². The Hall–Kier alpha value is -0.710. The van der Waals surface area contributed by atoms with Crippen LogP contribution in [0.1, 0.15) is 20.3 Å². The van der Waals surface area contributed by atoms with Crippen LogP contribution in [0.15, 0.2) is 24.1 Å². The average Bonchev–Trinajstić information content (AvgIpc) is 2.30. The molecule has 0 saturated heterocycles. The maximum Gasteiger partial charge on any atom is 0.121 e. The van der Waals surface area contributed by atoms with Crippen molar-refractivity contribution < 1.29 is 13.9 Å². The third-order valence-corrected chi connectivity index (χ3v) is 2.13. The Kier molecular flexibility index (Phi) is 11.3. The molecular weight excluding hydrogens is 221 g/mol. The Balaban J connectivity index is 3.62. The van der Waals surface area contributed by atoms with E-state index in [2.05, 4.69) is 5.32 Å². The summed E-state index contributed by atoms with van der Waals surface area (Å²) < 4.78 is 23.8. The SMILES string of the molecule is CCOCCC(C)OC/C=C(F)\C=C/CNC. The Labute approximate surface area is 104 Å². The maximum atomic E-state index is 13.1. The molecule has 0 rings (SSSR count). The summed E-state index contributed by atoms with van der Waals surface area (Å²) >= 11 is 0. The van der Waals surface area contributed by atoms with E-state index in [1.165, 1.54) is 12.2 Å². The minimum atomic E-state index is -0.266. The molecule has 17 heavy (non-hydrogen) atoms.